The predicted molar refractivity (Wildman–Crippen MR) is 89.0 cm³/mol. The molecule has 2 rings (SSSR count). The zero-order valence-electron chi connectivity index (χ0n) is 11.8. The molecule has 2 amide bonds. The molecule has 1 aromatic heterocycles. The van der Waals surface area contributed by atoms with Crippen molar-refractivity contribution in [2.45, 2.75) is 23.3 Å². The number of amides is 2. The van der Waals surface area contributed by atoms with Gasteiger partial charge in [-0.25, -0.2) is 0 Å². The third-order valence-electron chi connectivity index (χ3n) is 2.61. The molecule has 21 heavy (non-hydrogen) atoms. The Labute approximate surface area is 131 Å². The molecule has 1 unspecified atom stereocenters. The summed E-state index contributed by atoms with van der Waals surface area (Å²) in [5, 5.41) is 7.35. The van der Waals surface area contributed by atoms with Crippen LogP contribution in [0.1, 0.15) is 13.8 Å². The molecular formula is C15H16N2O2S2. The van der Waals surface area contributed by atoms with E-state index in [0.717, 1.165) is 4.21 Å². The maximum Gasteiger partial charge on any atom is 0.237 e. The van der Waals surface area contributed by atoms with Crippen LogP contribution in [0.4, 0.5) is 11.4 Å². The second-order valence-electron chi connectivity index (χ2n) is 4.44. The summed E-state index contributed by atoms with van der Waals surface area (Å²) in [6.07, 6.45) is 0. The largest absolute Gasteiger partial charge is 0.326 e. The van der Waals surface area contributed by atoms with Gasteiger partial charge in [-0.15, -0.1) is 23.1 Å². The van der Waals surface area contributed by atoms with E-state index in [1.165, 1.54) is 18.7 Å². The Balaban J connectivity index is 1.97. The first kappa shape index (κ1) is 15.6. The third kappa shape index (κ3) is 4.91. The number of carbonyl (C=O) groups is 2. The van der Waals surface area contributed by atoms with E-state index in [1.54, 1.807) is 35.6 Å². The van der Waals surface area contributed by atoms with Crippen molar-refractivity contribution in [2.24, 2.45) is 0 Å². The lowest BCUT2D eigenvalue weighted by molar-refractivity contribution is -0.115. The van der Waals surface area contributed by atoms with Crippen LogP contribution in [-0.4, -0.2) is 17.1 Å². The molecule has 0 saturated heterocycles. The molecule has 0 saturated carbocycles. The molecule has 1 aromatic carbocycles. The molecule has 2 N–H and O–H groups in total. The molecule has 0 aliphatic rings. The zero-order valence-corrected chi connectivity index (χ0v) is 13.4. The standard InChI is InChI=1S/C15H16N2O2S2/c1-10(21-14-7-4-8-20-14)15(19)17-13-6-3-5-12(9-13)16-11(2)18/h3-10H,1-2H3,(H,16,18)(H,17,19). The minimum absolute atomic E-state index is 0.0617. The van der Waals surface area contributed by atoms with Crippen LogP contribution in [0.2, 0.25) is 0 Å². The van der Waals surface area contributed by atoms with Crippen LogP contribution in [-0.2, 0) is 9.59 Å². The van der Waals surface area contributed by atoms with Crippen molar-refractivity contribution in [1.29, 1.82) is 0 Å². The van der Waals surface area contributed by atoms with Crippen LogP contribution in [0.15, 0.2) is 46.0 Å². The minimum Gasteiger partial charge on any atom is -0.326 e. The minimum atomic E-state index is -0.187. The van der Waals surface area contributed by atoms with Crippen LogP contribution in [0, 0.1) is 0 Å². The Morgan fingerprint density at radius 3 is 2.48 bits per heavy atom. The SMILES string of the molecule is CC(=O)Nc1cccc(NC(=O)C(C)Sc2cccs2)c1. The first-order valence-corrected chi connectivity index (χ1v) is 8.19. The van der Waals surface area contributed by atoms with E-state index >= 15 is 0 Å². The van der Waals surface area contributed by atoms with Gasteiger partial charge < -0.3 is 10.6 Å². The number of benzene rings is 1. The second-order valence-corrected chi connectivity index (χ2v) is 7.03. The van der Waals surface area contributed by atoms with Crippen LogP contribution >= 0.6 is 23.1 Å². The topological polar surface area (TPSA) is 58.2 Å². The molecule has 1 heterocycles. The van der Waals surface area contributed by atoms with Crippen molar-refractivity contribution in [3.63, 3.8) is 0 Å². The van der Waals surface area contributed by atoms with Crippen molar-refractivity contribution in [2.75, 3.05) is 10.6 Å². The summed E-state index contributed by atoms with van der Waals surface area (Å²) in [7, 11) is 0. The summed E-state index contributed by atoms with van der Waals surface area (Å²) in [6, 6.07) is 11.1. The number of carbonyl (C=O) groups excluding carboxylic acids is 2. The van der Waals surface area contributed by atoms with Crippen molar-refractivity contribution in [3.05, 3.63) is 41.8 Å². The Morgan fingerprint density at radius 2 is 1.86 bits per heavy atom. The van der Waals surface area contributed by atoms with E-state index < -0.39 is 0 Å². The average Bonchev–Trinajstić information content (AvgIpc) is 2.91. The summed E-state index contributed by atoms with van der Waals surface area (Å²) in [4.78, 5) is 23.2. The number of anilines is 2. The van der Waals surface area contributed by atoms with Gasteiger partial charge in [-0.05, 0) is 36.6 Å². The Morgan fingerprint density at radius 1 is 1.14 bits per heavy atom. The number of hydrogen-bond acceptors (Lipinski definition) is 4. The molecular weight excluding hydrogens is 304 g/mol. The molecule has 1 atom stereocenters. The fourth-order valence-corrected chi connectivity index (χ4v) is 3.62. The second kappa shape index (κ2) is 7.28. The van der Waals surface area contributed by atoms with Crippen LogP contribution < -0.4 is 10.6 Å². The first-order chi connectivity index (χ1) is 10.0. The summed E-state index contributed by atoms with van der Waals surface area (Å²) in [5.41, 5.74) is 1.34. The van der Waals surface area contributed by atoms with Gasteiger partial charge in [0.15, 0.2) is 0 Å². The molecule has 0 bridgehead atoms. The van der Waals surface area contributed by atoms with Gasteiger partial charge in [-0.3, -0.25) is 9.59 Å². The van der Waals surface area contributed by atoms with Gasteiger partial charge in [0.1, 0.15) is 0 Å². The molecule has 2 aromatic rings. The van der Waals surface area contributed by atoms with Gasteiger partial charge >= 0.3 is 0 Å². The highest BCUT2D eigenvalue weighted by molar-refractivity contribution is 8.02. The molecule has 0 aliphatic carbocycles. The first-order valence-electron chi connectivity index (χ1n) is 6.43. The van der Waals surface area contributed by atoms with Crippen LogP contribution in [0.3, 0.4) is 0 Å². The lowest BCUT2D eigenvalue weighted by Crippen LogP contribution is -2.22. The smallest absolute Gasteiger partial charge is 0.237 e. The van der Waals surface area contributed by atoms with Gasteiger partial charge in [0.2, 0.25) is 11.8 Å². The summed E-state index contributed by atoms with van der Waals surface area (Å²) in [5.74, 6) is -0.200. The van der Waals surface area contributed by atoms with Crippen molar-refractivity contribution < 1.29 is 9.59 Å². The molecule has 0 fully saturated rings. The maximum absolute atomic E-state index is 12.2. The highest BCUT2D eigenvalue weighted by atomic mass is 32.2. The van der Waals surface area contributed by atoms with Crippen molar-refractivity contribution >= 4 is 46.3 Å². The van der Waals surface area contributed by atoms with Crippen LogP contribution in [0.5, 0.6) is 0 Å². The Bertz CT molecular complexity index is 626. The highest BCUT2D eigenvalue weighted by Gasteiger charge is 2.15. The van der Waals surface area contributed by atoms with E-state index in [4.69, 9.17) is 0 Å². The summed E-state index contributed by atoms with van der Waals surface area (Å²) < 4.78 is 1.12. The molecule has 110 valence electrons. The van der Waals surface area contributed by atoms with Gasteiger partial charge in [-0.2, -0.15) is 0 Å². The van der Waals surface area contributed by atoms with E-state index in [1.807, 2.05) is 24.4 Å². The van der Waals surface area contributed by atoms with Gasteiger partial charge in [-0.1, -0.05) is 12.1 Å². The Hall–Kier alpha value is -1.79. The van der Waals surface area contributed by atoms with E-state index in [9.17, 15) is 9.59 Å². The molecule has 0 spiro atoms. The van der Waals surface area contributed by atoms with Gasteiger partial charge in [0.25, 0.3) is 0 Å². The van der Waals surface area contributed by atoms with E-state index in [2.05, 4.69) is 10.6 Å². The number of hydrogen-bond donors (Lipinski definition) is 2. The number of thioether (sulfide) groups is 1. The van der Waals surface area contributed by atoms with E-state index in [0.29, 0.717) is 11.4 Å². The lowest BCUT2D eigenvalue weighted by Gasteiger charge is -2.12. The van der Waals surface area contributed by atoms with Gasteiger partial charge in [0, 0.05) is 18.3 Å². The maximum atomic E-state index is 12.2. The highest BCUT2D eigenvalue weighted by Crippen LogP contribution is 2.28. The average molecular weight is 320 g/mol. The predicted octanol–water partition coefficient (Wildman–Crippen LogP) is 3.83. The van der Waals surface area contributed by atoms with Crippen LogP contribution in [0.25, 0.3) is 0 Å². The molecule has 0 aliphatic heterocycles. The van der Waals surface area contributed by atoms with Gasteiger partial charge in [0.05, 0.1) is 9.46 Å². The fourth-order valence-electron chi connectivity index (χ4n) is 1.68. The lowest BCUT2D eigenvalue weighted by atomic mass is 10.2. The monoisotopic (exact) mass is 320 g/mol. The van der Waals surface area contributed by atoms with Crippen molar-refractivity contribution in [3.8, 4) is 0 Å². The number of thiophene rings is 1. The molecule has 4 nitrogen and oxygen atoms in total. The van der Waals surface area contributed by atoms with Crippen molar-refractivity contribution in [1.82, 2.24) is 0 Å². The number of rotatable bonds is 5. The summed E-state index contributed by atoms with van der Waals surface area (Å²) >= 11 is 3.15. The normalized spacial score (nSPS) is 11.7. The quantitative estimate of drug-likeness (QED) is 0.823. The van der Waals surface area contributed by atoms with E-state index in [-0.39, 0.29) is 17.1 Å². The fraction of sp³-hybridized carbons (Fsp3) is 0.200. The molecule has 6 heteroatoms. The number of nitrogens with one attached hydrogen (secondary N) is 2. The zero-order chi connectivity index (χ0) is 15.2. The Kier molecular flexibility index (Phi) is 5.41. The molecule has 0 radical (unpaired) electrons. The summed E-state index contributed by atoms with van der Waals surface area (Å²) in [6.45, 7) is 3.32. The third-order valence-corrected chi connectivity index (χ3v) is 4.78.